The van der Waals surface area contributed by atoms with Gasteiger partial charge in [0.15, 0.2) is 5.54 Å². The van der Waals surface area contributed by atoms with E-state index in [4.69, 9.17) is 0 Å². The molecule has 0 amide bonds. The second-order valence-electron chi connectivity index (χ2n) is 3.86. The molecule has 0 fully saturated rings. The molecule has 1 aliphatic heterocycles. The summed E-state index contributed by atoms with van der Waals surface area (Å²) >= 11 is 0. The second-order valence-corrected chi connectivity index (χ2v) is 5.51. The molecule has 5 nitrogen and oxygen atoms in total. The third-order valence-electron chi connectivity index (χ3n) is 2.70. The van der Waals surface area contributed by atoms with Crippen molar-refractivity contribution >= 4 is 16.0 Å². The minimum Gasteiger partial charge on any atom is -0.467 e. The number of methoxy groups -OCH3 is 1. The first-order valence-corrected chi connectivity index (χ1v) is 6.22. The van der Waals surface area contributed by atoms with E-state index in [-0.39, 0.29) is 10.5 Å². The van der Waals surface area contributed by atoms with Crippen molar-refractivity contribution in [2.24, 2.45) is 0 Å². The van der Waals surface area contributed by atoms with Crippen molar-refractivity contribution in [1.29, 1.82) is 0 Å². The van der Waals surface area contributed by atoms with Gasteiger partial charge < -0.3 is 4.74 Å². The van der Waals surface area contributed by atoms with E-state index in [0.717, 1.165) is 25.3 Å². The first-order chi connectivity index (χ1) is 7.81. The number of carbonyl (C=O) groups excluding carboxylic acids is 1. The van der Waals surface area contributed by atoms with Crippen LogP contribution in [0.4, 0.5) is 4.39 Å². The van der Waals surface area contributed by atoms with Gasteiger partial charge in [-0.15, -0.1) is 0 Å². The van der Waals surface area contributed by atoms with Crippen molar-refractivity contribution in [3.63, 3.8) is 0 Å². The molecule has 1 heterocycles. The number of carbonyl (C=O) groups is 1. The number of benzene rings is 1. The topological polar surface area (TPSA) is 72.5 Å². The maximum absolute atomic E-state index is 13.1. The zero-order valence-electron chi connectivity index (χ0n) is 9.15. The average Bonchev–Trinajstić information content (AvgIpc) is 2.46. The Balaban J connectivity index is 2.73. The number of hydrogen-bond donors (Lipinski definition) is 1. The van der Waals surface area contributed by atoms with Crippen LogP contribution in [-0.4, -0.2) is 21.5 Å². The summed E-state index contributed by atoms with van der Waals surface area (Å²) in [4.78, 5) is 11.5. The molecule has 92 valence electrons. The van der Waals surface area contributed by atoms with Crippen molar-refractivity contribution < 1.29 is 22.3 Å². The summed E-state index contributed by atoms with van der Waals surface area (Å²) in [5.41, 5.74) is -1.52. The molecule has 0 spiro atoms. The van der Waals surface area contributed by atoms with E-state index in [1.54, 1.807) is 0 Å². The number of ether oxygens (including phenoxy) is 1. The number of nitrogens with one attached hydrogen (secondary N) is 1. The summed E-state index contributed by atoms with van der Waals surface area (Å²) in [6.45, 7) is 1.33. The zero-order chi connectivity index (χ0) is 12.8. The summed E-state index contributed by atoms with van der Waals surface area (Å²) in [6, 6.07) is 3.17. The number of halogens is 1. The van der Waals surface area contributed by atoms with Crippen molar-refractivity contribution in [1.82, 2.24) is 4.72 Å². The number of sulfonamides is 1. The van der Waals surface area contributed by atoms with Crippen molar-refractivity contribution in [2.75, 3.05) is 7.11 Å². The highest BCUT2D eigenvalue weighted by atomic mass is 32.2. The fraction of sp³-hybridized carbons (Fsp3) is 0.300. The maximum Gasteiger partial charge on any atom is 0.331 e. The third-order valence-corrected chi connectivity index (χ3v) is 4.31. The summed E-state index contributed by atoms with van der Waals surface area (Å²) < 4.78 is 43.4. The van der Waals surface area contributed by atoms with Gasteiger partial charge in [0.05, 0.1) is 12.0 Å². The Morgan fingerprint density at radius 3 is 2.71 bits per heavy atom. The van der Waals surface area contributed by atoms with Crippen LogP contribution in [0, 0.1) is 5.82 Å². The number of rotatable bonds is 1. The number of hydrogen-bond acceptors (Lipinski definition) is 4. The molecular weight excluding hydrogens is 249 g/mol. The molecule has 0 saturated heterocycles. The average molecular weight is 259 g/mol. The molecule has 0 radical (unpaired) electrons. The molecule has 2 rings (SSSR count). The van der Waals surface area contributed by atoms with Gasteiger partial charge in [-0.05, 0) is 25.1 Å². The lowest BCUT2D eigenvalue weighted by molar-refractivity contribution is -0.147. The molecule has 0 aliphatic carbocycles. The van der Waals surface area contributed by atoms with Crippen LogP contribution in [0.1, 0.15) is 12.5 Å². The Kier molecular flexibility index (Phi) is 2.48. The van der Waals surface area contributed by atoms with E-state index < -0.39 is 27.3 Å². The summed E-state index contributed by atoms with van der Waals surface area (Å²) in [7, 11) is -2.66. The summed E-state index contributed by atoms with van der Waals surface area (Å²) in [5.74, 6) is -1.40. The first kappa shape index (κ1) is 12.0. The number of esters is 1. The van der Waals surface area contributed by atoms with Crippen molar-refractivity contribution in [2.45, 2.75) is 17.4 Å². The van der Waals surface area contributed by atoms with Gasteiger partial charge in [-0.3, -0.25) is 0 Å². The van der Waals surface area contributed by atoms with Crippen LogP contribution in [0.25, 0.3) is 0 Å². The molecule has 17 heavy (non-hydrogen) atoms. The highest BCUT2D eigenvalue weighted by Gasteiger charge is 2.49. The molecule has 7 heteroatoms. The molecule has 0 bridgehead atoms. The van der Waals surface area contributed by atoms with Gasteiger partial charge in [-0.1, -0.05) is 0 Å². The van der Waals surface area contributed by atoms with E-state index in [0.29, 0.717) is 0 Å². The predicted molar refractivity (Wildman–Crippen MR) is 56.1 cm³/mol. The Morgan fingerprint density at radius 1 is 1.47 bits per heavy atom. The van der Waals surface area contributed by atoms with Gasteiger partial charge in [0, 0.05) is 5.56 Å². The molecule has 1 aromatic carbocycles. The summed E-state index contributed by atoms with van der Waals surface area (Å²) in [6.07, 6.45) is 0. The zero-order valence-corrected chi connectivity index (χ0v) is 9.97. The number of fused-ring (bicyclic) bond motifs is 1. The molecule has 1 atom stereocenters. The SMILES string of the molecule is COC(=O)[C@]1(C)NS(=O)(=O)c2ccc(F)cc21. The summed E-state index contributed by atoms with van der Waals surface area (Å²) in [5, 5.41) is 0. The predicted octanol–water partition coefficient (Wildman–Crippen LogP) is 0.506. The molecule has 1 aliphatic rings. The molecule has 1 N–H and O–H groups in total. The van der Waals surface area contributed by atoms with Crippen LogP contribution >= 0.6 is 0 Å². The first-order valence-electron chi connectivity index (χ1n) is 4.74. The standard InChI is InChI=1S/C10H10FNO4S/c1-10(9(13)16-2)7-5-6(11)3-4-8(7)17(14,15)12-10/h3-5,12H,1-2H3/t10-/m1/s1. The Bertz CT molecular complexity index is 598. The quantitative estimate of drug-likeness (QED) is 0.746. The highest BCUT2D eigenvalue weighted by Crippen LogP contribution is 2.36. The van der Waals surface area contributed by atoms with E-state index in [9.17, 15) is 17.6 Å². The lowest BCUT2D eigenvalue weighted by atomic mass is 9.93. The third kappa shape index (κ3) is 1.62. The van der Waals surface area contributed by atoms with Gasteiger partial charge in [-0.25, -0.2) is 17.6 Å². The van der Waals surface area contributed by atoms with Crippen LogP contribution in [0.15, 0.2) is 23.1 Å². The van der Waals surface area contributed by atoms with Crippen LogP contribution in [0.5, 0.6) is 0 Å². The van der Waals surface area contributed by atoms with Crippen LogP contribution in [-0.2, 0) is 25.1 Å². The molecule has 1 aromatic rings. The molecule has 0 saturated carbocycles. The Morgan fingerprint density at radius 2 is 2.12 bits per heavy atom. The fourth-order valence-electron chi connectivity index (χ4n) is 1.86. The normalized spacial score (nSPS) is 25.4. The van der Waals surface area contributed by atoms with E-state index in [1.807, 2.05) is 0 Å². The maximum atomic E-state index is 13.1. The van der Waals surface area contributed by atoms with Gasteiger partial charge in [0.1, 0.15) is 5.82 Å². The van der Waals surface area contributed by atoms with Gasteiger partial charge in [-0.2, -0.15) is 4.72 Å². The largest absolute Gasteiger partial charge is 0.467 e. The fourth-order valence-corrected chi connectivity index (χ4v) is 3.50. The van der Waals surface area contributed by atoms with Crippen LogP contribution < -0.4 is 4.72 Å². The Labute approximate surface area is 97.6 Å². The van der Waals surface area contributed by atoms with Gasteiger partial charge in [0.2, 0.25) is 10.0 Å². The minimum atomic E-state index is -3.80. The Hall–Kier alpha value is -1.47. The smallest absolute Gasteiger partial charge is 0.331 e. The van der Waals surface area contributed by atoms with Crippen molar-refractivity contribution in [3.05, 3.63) is 29.6 Å². The van der Waals surface area contributed by atoms with Crippen LogP contribution in [0.3, 0.4) is 0 Å². The lowest BCUT2D eigenvalue weighted by Gasteiger charge is -2.20. The van der Waals surface area contributed by atoms with Crippen molar-refractivity contribution in [3.8, 4) is 0 Å². The van der Waals surface area contributed by atoms with Crippen LogP contribution in [0.2, 0.25) is 0 Å². The van der Waals surface area contributed by atoms with E-state index in [2.05, 4.69) is 9.46 Å². The minimum absolute atomic E-state index is 0.0596. The lowest BCUT2D eigenvalue weighted by Crippen LogP contribution is -2.44. The molecule has 0 unspecified atom stereocenters. The van der Waals surface area contributed by atoms with Gasteiger partial charge in [0.25, 0.3) is 0 Å². The monoisotopic (exact) mass is 259 g/mol. The molecule has 0 aromatic heterocycles. The van der Waals surface area contributed by atoms with E-state index in [1.165, 1.54) is 6.92 Å². The van der Waals surface area contributed by atoms with E-state index >= 15 is 0 Å². The highest BCUT2D eigenvalue weighted by molar-refractivity contribution is 7.90. The van der Waals surface area contributed by atoms with Gasteiger partial charge >= 0.3 is 5.97 Å². The second kappa shape index (κ2) is 3.51. The molecular formula is C10H10FNO4S.